The Morgan fingerprint density at radius 2 is 1.12 bits per heavy atom. The van der Waals surface area contributed by atoms with Crippen LogP contribution in [0.2, 0.25) is 0 Å². The van der Waals surface area contributed by atoms with E-state index in [1.807, 2.05) is 84.9 Å². The molecule has 2 aromatic heterocycles. The number of benzene rings is 8. The summed E-state index contributed by atoms with van der Waals surface area (Å²) < 4.78 is 45.0. The van der Waals surface area contributed by atoms with E-state index < -0.39 is 6.04 Å². The van der Waals surface area contributed by atoms with E-state index >= 15 is 0 Å². The molecule has 0 spiro atoms. The second-order valence-electron chi connectivity index (χ2n) is 12.3. The van der Waals surface area contributed by atoms with Gasteiger partial charge in [-0.15, -0.1) is 0 Å². The largest absolute Gasteiger partial charge is 0.293 e. The van der Waals surface area contributed by atoms with Gasteiger partial charge in [-0.3, -0.25) is 4.40 Å². The van der Waals surface area contributed by atoms with Gasteiger partial charge in [0.1, 0.15) is 5.65 Å². The molecule has 0 aliphatic heterocycles. The molecule has 0 amide bonds. The van der Waals surface area contributed by atoms with E-state index in [0.717, 1.165) is 82.2 Å². The Balaban J connectivity index is 1.22. The van der Waals surface area contributed by atoms with Crippen LogP contribution in [-0.4, -0.2) is 9.38 Å². The van der Waals surface area contributed by atoms with Gasteiger partial charge in [-0.25, -0.2) is 9.83 Å². The first-order chi connectivity index (χ1) is 26.3. The third-order valence-electron chi connectivity index (χ3n) is 9.63. The summed E-state index contributed by atoms with van der Waals surface area (Å²) in [6.07, 6.45) is 0. The van der Waals surface area contributed by atoms with Crippen LogP contribution < -0.4 is 0 Å². The number of hydrogen-bond acceptors (Lipinski definition) is 1. The topological polar surface area (TPSA) is 21.7 Å². The maximum Gasteiger partial charge on any atom is 0.189 e. The maximum absolute atomic E-state index is 8.87. The molecule has 0 saturated heterocycles. The fourth-order valence-electron chi connectivity index (χ4n) is 7.53. The quantitative estimate of drug-likeness (QED) is 0.109. The lowest BCUT2D eigenvalue weighted by Gasteiger charge is -2.18. The van der Waals surface area contributed by atoms with Gasteiger partial charge in [0.05, 0.1) is 24.5 Å². The first kappa shape index (κ1) is 22.7. The van der Waals surface area contributed by atoms with Crippen LogP contribution >= 0.6 is 0 Å². The number of aromatic nitrogens is 2. The molecule has 0 fully saturated rings. The van der Waals surface area contributed by atoms with Gasteiger partial charge >= 0.3 is 0 Å². The predicted octanol–water partition coefficient (Wildman–Crippen LogP) is 12.7. The Labute approximate surface area is 289 Å². The van der Waals surface area contributed by atoms with Crippen molar-refractivity contribution < 1.29 is 6.85 Å². The maximum atomic E-state index is 8.87. The van der Waals surface area contributed by atoms with E-state index in [1.165, 1.54) is 0 Å². The number of imidazole rings is 1. The third-order valence-corrected chi connectivity index (χ3v) is 9.63. The van der Waals surface area contributed by atoms with Crippen molar-refractivity contribution in [3.8, 4) is 33.4 Å². The summed E-state index contributed by atoms with van der Waals surface area (Å²) in [7, 11) is 0. The molecule has 0 bridgehead atoms. The summed E-state index contributed by atoms with van der Waals surface area (Å²) in [5.74, 6) is 0. The lowest BCUT2D eigenvalue weighted by Crippen LogP contribution is -1.92. The van der Waals surface area contributed by atoms with Gasteiger partial charge in [-0.05, 0) is 96.7 Å². The molecule has 0 unspecified atom stereocenters. The third kappa shape index (κ3) is 4.11. The summed E-state index contributed by atoms with van der Waals surface area (Å²) in [5, 5.41) is 6.56. The minimum absolute atomic E-state index is 0.195. The Hall–Kier alpha value is -6.76. The second-order valence-corrected chi connectivity index (χ2v) is 12.3. The molecular formula is C46H27N3. The molecule has 2 heterocycles. The van der Waals surface area contributed by atoms with E-state index in [2.05, 4.69) is 57.8 Å². The van der Waals surface area contributed by atoms with Gasteiger partial charge in [0.25, 0.3) is 0 Å². The van der Waals surface area contributed by atoms with Gasteiger partial charge in [0.15, 0.2) is 5.69 Å². The van der Waals surface area contributed by atoms with Crippen LogP contribution in [0.5, 0.6) is 0 Å². The van der Waals surface area contributed by atoms with Gasteiger partial charge in [-0.1, -0.05) is 127 Å². The fourth-order valence-corrected chi connectivity index (χ4v) is 7.53. The fraction of sp³-hybridized carbons (Fsp3) is 0. The number of para-hydroxylation sites is 2. The highest BCUT2D eigenvalue weighted by atomic mass is 15.0. The van der Waals surface area contributed by atoms with E-state index in [1.54, 1.807) is 0 Å². The molecule has 226 valence electrons. The average Bonchev–Trinajstić information content (AvgIpc) is 3.62. The number of hydrogen-bond donors (Lipinski definition) is 0. The van der Waals surface area contributed by atoms with Crippen LogP contribution in [0.15, 0.2) is 164 Å². The number of nitrogens with zero attached hydrogens (tertiary/aromatic N) is 3. The van der Waals surface area contributed by atoms with Crippen molar-refractivity contribution in [1.82, 2.24) is 9.38 Å². The molecule has 10 rings (SSSR count). The summed E-state index contributed by atoms with van der Waals surface area (Å²) in [5.41, 5.74) is 9.11. The van der Waals surface area contributed by atoms with Crippen molar-refractivity contribution in [3.63, 3.8) is 0 Å². The summed E-state index contributed by atoms with van der Waals surface area (Å²) in [4.78, 5) is 8.78. The highest BCUT2D eigenvalue weighted by Crippen LogP contribution is 2.44. The molecule has 0 atom stereocenters. The first-order valence-corrected chi connectivity index (χ1v) is 16.1. The minimum atomic E-state index is -0.409. The zero-order valence-corrected chi connectivity index (χ0v) is 26.0. The van der Waals surface area contributed by atoms with Crippen LogP contribution in [0.1, 0.15) is 6.85 Å². The second kappa shape index (κ2) is 10.6. The number of pyridine rings is 1. The zero-order valence-electron chi connectivity index (χ0n) is 31.0. The van der Waals surface area contributed by atoms with Crippen molar-refractivity contribution in [1.29, 1.82) is 0 Å². The van der Waals surface area contributed by atoms with Gasteiger partial charge in [0, 0.05) is 16.3 Å². The van der Waals surface area contributed by atoms with Crippen molar-refractivity contribution in [2.75, 3.05) is 0 Å². The summed E-state index contributed by atoms with van der Waals surface area (Å²) in [6, 6.07) is 43.2. The Kier molecular flexibility index (Phi) is 4.93. The molecular weight excluding hydrogens is 595 g/mol. The van der Waals surface area contributed by atoms with Gasteiger partial charge in [0.2, 0.25) is 0 Å². The van der Waals surface area contributed by atoms with Crippen LogP contribution in [0.4, 0.5) is 5.69 Å². The average molecular weight is 627 g/mol. The molecule has 0 aliphatic carbocycles. The van der Waals surface area contributed by atoms with E-state index in [9.17, 15) is 0 Å². The standard InChI is InChI=1S/C46H27N3/c1-47-33-23-25-34-40-27-31(22-24-39(40)46-48-41-20-9-10-21-42(41)49(46)43(34)28-33)30-14-11-15-32(26-30)45-37-18-7-5-16-35(37)44(29-12-3-2-4-13-29)36-17-6-8-19-38(36)45/h2-28H/i2D,3D,4D,12D,13D. The number of rotatable bonds is 3. The van der Waals surface area contributed by atoms with Crippen molar-refractivity contribution in [2.24, 2.45) is 0 Å². The molecule has 0 N–H and O–H groups in total. The smallest absolute Gasteiger partial charge is 0.189 e. The molecule has 10 aromatic rings. The normalized spacial score (nSPS) is 13.1. The highest BCUT2D eigenvalue weighted by molar-refractivity contribution is 6.21. The van der Waals surface area contributed by atoms with E-state index in [4.69, 9.17) is 18.4 Å². The first-order valence-electron chi connectivity index (χ1n) is 18.6. The Bertz CT molecular complexity index is 3220. The molecule has 8 aromatic carbocycles. The molecule has 0 aliphatic rings. The van der Waals surface area contributed by atoms with Crippen LogP contribution in [0.25, 0.3) is 98.1 Å². The Morgan fingerprint density at radius 1 is 0.490 bits per heavy atom. The summed E-state index contributed by atoms with van der Waals surface area (Å²) >= 11 is 0. The van der Waals surface area contributed by atoms with Gasteiger partial charge in [-0.2, -0.15) is 0 Å². The molecule has 0 saturated carbocycles. The molecule has 0 radical (unpaired) electrons. The SMILES string of the molecule is [2H]c1c([2H])c([2H])c(-c2c3ccccc3c(-c3cccc(-c4ccc5c(c4)c4ccc([N+]#[C-])cc4n4c6ccccc6nc54)c3)c3ccccc23)c([2H])c1[2H]. The van der Waals surface area contributed by atoms with Crippen LogP contribution in [0, 0.1) is 6.57 Å². The molecule has 49 heavy (non-hydrogen) atoms. The van der Waals surface area contributed by atoms with Crippen molar-refractivity contribution in [2.45, 2.75) is 0 Å². The predicted molar refractivity (Wildman–Crippen MR) is 205 cm³/mol. The van der Waals surface area contributed by atoms with E-state index in [-0.39, 0.29) is 29.7 Å². The van der Waals surface area contributed by atoms with E-state index in [0.29, 0.717) is 11.3 Å². The van der Waals surface area contributed by atoms with Crippen LogP contribution in [0.3, 0.4) is 0 Å². The molecule has 3 nitrogen and oxygen atoms in total. The monoisotopic (exact) mass is 626 g/mol. The zero-order chi connectivity index (χ0) is 36.8. The lowest BCUT2D eigenvalue weighted by molar-refractivity contribution is 1.32. The lowest BCUT2D eigenvalue weighted by atomic mass is 9.85. The van der Waals surface area contributed by atoms with Crippen molar-refractivity contribution >= 4 is 65.6 Å². The van der Waals surface area contributed by atoms with Gasteiger partial charge < -0.3 is 0 Å². The summed E-state index contributed by atoms with van der Waals surface area (Å²) in [6.45, 7) is 7.71. The minimum Gasteiger partial charge on any atom is -0.293 e. The van der Waals surface area contributed by atoms with Crippen molar-refractivity contribution in [3.05, 3.63) is 175 Å². The Morgan fingerprint density at radius 3 is 1.86 bits per heavy atom. The van der Waals surface area contributed by atoms with Crippen LogP contribution in [-0.2, 0) is 0 Å². The highest BCUT2D eigenvalue weighted by Gasteiger charge is 2.18. The molecule has 3 heteroatoms. The number of fused-ring (bicyclic) bond motifs is 10.